The van der Waals surface area contributed by atoms with Crippen molar-refractivity contribution in [2.45, 2.75) is 94.3 Å². The molecule has 0 aromatic heterocycles. The number of hydrogen-bond acceptors (Lipinski definition) is 5. The molecule has 3 nitrogen and oxygen atoms in total. The van der Waals surface area contributed by atoms with Gasteiger partial charge in [-0.2, -0.15) is 0 Å². The van der Waals surface area contributed by atoms with Gasteiger partial charge in [0.05, 0.1) is 11.4 Å². The van der Waals surface area contributed by atoms with Crippen LogP contribution in [0.25, 0.3) is 0 Å². The van der Waals surface area contributed by atoms with Gasteiger partial charge in [-0.05, 0) is 89.6 Å². The van der Waals surface area contributed by atoms with Crippen LogP contribution in [0.4, 0.5) is 17.1 Å². The Bertz CT molecular complexity index is 1300. The predicted molar refractivity (Wildman–Crippen MR) is 173 cm³/mol. The maximum Gasteiger partial charge on any atom is 0.122 e. The minimum atomic E-state index is -0.0926. The van der Waals surface area contributed by atoms with E-state index in [1.165, 1.54) is 37.3 Å². The Hall–Kier alpha value is -2.24. The largest absolute Gasteiger partial charge is 0.507 e. The molecule has 4 rings (SSSR count). The fourth-order valence-electron chi connectivity index (χ4n) is 4.83. The lowest BCUT2D eigenvalue weighted by atomic mass is 9.81. The summed E-state index contributed by atoms with van der Waals surface area (Å²) in [6.07, 6.45) is 2.17. The average molecular weight is 563 g/mol. The van der Waals surface area contributed by atoms with E-state index >= 15 is 0 Å². The van der Waals surface area contributed by atoms with Gasteiger partial charge in [-0.15, -0.1) is 11.8 Å². The number of fused-ring (bicyclic) bond motifs is 2. The molecule has 2 atom stereocenters. The second-order valence-electron chi connectivity index (χ2n) is 12.4. The number of phenols is 1. The standard InChI is InChI=1S/C34H46N2OS2/c1-9-24-10-12-29-31(16-24)39-32-17-25(11-13-30(32)36-29)35-15-14-22(4)20-38-26-18-27(23(5)21(2)3)33(37)28(19-26)34(6,7)8/h10-13,16-19,21-23,35-37H,9,14-15,20H2,1-8H3. The normalized spacial score (nSPS) is 14.4. The van der Waals surface area contributed by atoms with Crippen molar-refractivity contribution in [2.75, 3.05) is 22.9 Å². The summed E-state index contributed by atoms with van der Waals surface area (Å²) in [5, 5.41) is 18.3. The van der Waals surface area contributed by atoms with Gasteiger partial charge in [-0.1, -0.05) is 73.2 Å². The van der Waals surface area contributed by atoms with E-state index in [2.05, 4.69) is 115 Å². The first-order valence-electron chi connectivity index (χ1n) is 14.4. The molecular weight excluding hydrogens is 517 g/mol. The summed E-state index contributed by atoms with van der Waals surface area (Å²) >= 11 is 3.78. The second kappa shape index (κ2) is 12.5. The highest BCUT2D eigenvalue weighted by Crippen LogP contribution is 2.45. The van der Waals surface area contributed by atoms with Crippen LogP contribution in [0.1, 0.15) is 84.4 Å². The highest BCUT2D eigenvalue weighted by atomic mass is 32.2. The van der Waals surface area contributed by atoms with Gasteiger partial charge in [0.25, 0.3) is 0 Å². The minimum Gasteiger partial charge on any atom is -0.507 e. The van der Waals surface area contributed by atoms with Gasteiger partial charge < -0.3 is 15.7 Å². The summed E-state index contributed by atoms with van der Waals surface area (Å²) in [5.41, 5.74) is 6.98. The van der Waals surface area contributed by atoms with Gasteiger partial charge in [0.1, 0.15) is 5.75 Å². The fourth-order valence-corrected chi connectivity index (χ4v) is 6.98. The summed E-state index contributed by atoms with van der Waals surface area (Å²) in [7, 11) is 0. The van der Waals surface area contributed by atoms with Gasteiger partial charge in [0.2, 0.25) is 0 Å². The number of thioether (sulfide) groups is 1. The zero-order valence-electron chi connectivity index (χ0n) is 24.9. The Balaban J connectivity index is 1.34. The van der Waals surface area contributed by atoms with Crippen LogP contribution in [0.2, 0.25) is 0 Å². The Morgan fingerprint density at radius 1 is 0.949 bits per heavy atom. The number of phenolic OH excluding ortho intramolecular Hbond substituents is 1. The van der Waals surface area contributed by atoms with E-state index in [-0.39, 0.29) is 5.41 Å². The van der Waals surface area contributed by atoms with Crippen LogP contribution in [0.15, 0.2) is 63.2 Å². The van der Waals surface area contributed by atoms with Crippen molar-refractivity contribution in [1.82, 2.24) is 0 Å². The molecule has 0 bridgehead atoms. The molecular formula is C34H46N2OS2. The van der Waals surface area contributed by atoms with Crippen molar-refractivity contribution in [3.63, 3.8) is 0 Å². The zero-order chi connectivity index (χ0) is 28.3. The molecule has 0 aliphatic carbocycles. The average Bonchev–Trinajstić information content (AvgIpc) is 2.89. The van der Waals surface area contributed by atoms with E-state index in [1.54, 1.807) is 0 Å². The monoisotopic (exact) mass is 562 g/mol. The highest BCUT2D eigenvalue weighted by Gasteiger charge is 2.25. The topological polar surface area (TPSA) is 44.3 Å². The molecule has 5 heteroatoms. The first-order valence-corrected chi connectivity index (χ1v) is 16.2. The van der Waals surface area contributed by atoms with Crippen LogP contribution in [0.5, 0.6) is 5.75 Å². The molecule has 0 saturated carbocycles. The van der Waals surface area contributed by atoms with Crippen LogP contribution >= 0.6 is 23.5 Å². The van der Waals surface area contributed by atoms with Crippen molar-refractivity contribution in [3.05, 3.63) is 65.2 Å². The minimum absolute atomic E-state index is 0.0926. The molecule has 0 fully saturated rings. The summed E-state index contributed by atoms with van der Waals surface area (Å²) in [4.78, 5) is 3.85. The highest BCUT2D eigenvalue weighted by molar-refractivity contribution is 7.99. The fraction of sp³-hybridized carbons (Fsp3) is 0.471. The van der Waals surface area contributed by atoms with Crippen molar-refractivity contribution < 1.29 is 5.11 Å². The van der Waals surface area contributed by atoms with E-state index < -0.39 is 0 Å². The lowest BCUT2D eigenvalue weighted by Crippen LogP contribution is -2.14. The predicted octanol–water partition coefficient (Wildman–Crippen LogP) is 10.5. The van der Waals surface area contributed by atoms with E-state index in [0.29, 0.717) is 23.5 Å². The van der Waals surface area contributed by atoms with Crippen LogP contribution in [0, 0.1) is 11.8 Å². The SMILES string of the molecule is CCc1ccc2c(c1)Sc1cc(NCCC(C)CSc3cc(C(C)C(C)C)c(O)c(C(C)(C)C)c3)ccc1N2. The smallest absolute Gasteiger partial charge is 0.122 e. The third-order valence-corrected chi connectivity index (χ3v) is 10.3. The Morgan fingerprint density at radius 3 is 2.31 bits per heavy atom. The summed E-state index contributed by atoms with van der Waals surface area (Å²) in [6.45, 7) is 18.7. The number of aromatic hydroxyl groups is 1. The second-order valence-corrected chi connectivity index (χ2v) is 14.6. The molecule has 1 aliphatic heterocycles. The lowest BCUT2D eigenvalue weighted by Gasteiger charge is -2.26. The molecule has 1 heterocycles. The number of hydrogen-bond donors (Lipinski definition) is 3. The van der Waals surface area contributed by atoms with Crippen LogP contribution in [-0.2, 0) is 11.8 Å². The molecule has 0 saturated heterocycles. The first-order chi connectivity index (χ1) is 18.5. The maximum atomic E-state index is 11.1. The van der Waals surface area contributed by atoms with Gasteiger partial charge in [-0.3, -0.25) is 0 Å². The van der Waals surface area contributed by atoms with Gasteiger partial charge in [0, 0.05) is 38.2 Å². The van der Waals surface area contributed by atoms with Crippen molar-refractivity contribution in [2.24, 2.45) is 11.8 Å². The lowest BCUT2D eigenvalue weighted by molar-refractivity contribution is 0.422. The molecule has 3 aromatic rings. The Kier molecular flexibility index (Phi) is 9.54. The van der Waals surface area contributed by atoms with Crippen LogP contribution in [-0.4, -0.2) is 17.4 Å². The molecule has 0 amide bonds. The molecule has 1 aliphatic rings. The number of rotatable bonds is 10. The number of nitrogens with one attached hydrogen (secondary N) is 2. The van der Waals surface area contributed by atoms with Crippen molar-refractivity contribution in [1.29, 1.82) is 0 Å². The maximum absolute atomic E-state index is 11.1. The number of aryl methyl sites for hydroxylation is 1. The third kappa shape index (κ3) is 7.29. The van der Waals surface area contributed by atoms with E-state index in [1.807, 2.05) is 23.5 Å². The molecule has 210 valence electrons. The van der Waals surface area contributed by atoms with E-state index in [4.69, 9.17) is 0 Å². The summed E-state index contributed by atoms with van der Waals surface area (Å²) < 4.78 is 0. The molecule has 39 heavy (non-hydrogen) atoms. The Morgan fingerprint density at radius 2 is 1.64 bits per heavy atom. The Labute approximate surface area is 245 Å². The van der Waals surface area contributed by atoms with Crippen molar-refractivity contribution in [3.8, 4) is 5.75 Å². The van der Waals surface area contributed by atoms with Gasteiger partial charge in [0.15, 0.2) is 0 Å². The molecule has 0 spiro atoms. The molecule has 0 radical (unpaired) electrons. The van der Waals surface area contributed by atoms with Crippen LogP contribution in [0.3, 0.4) is 0 Å². The zero-order valence-corrected chi connectivity index (χ0v) is 26.6. The van der Waals surface area contributed by atoms with E-state index in [9.17, 15) is 5.11 Å². The van der Waals surface area contributed by atoms with Crippen LogP contribution < -0.4 is 10.6 Å². The van der Waals surface area contributed by atoms with Gasteiger partial charge >= 0.3 is 0 Å². The van der Waals surface area contributed by atoms with Gasteiger partial charge in [-0.25, -0.2) is 0 Å². The van der Waals surface area contributed by atoms with E-state index in [0.717, 1.165) is 36.3 Å². The molecule has 3 aromatic carbocycles. The molecule has 3 N–H and O–H groups in total. The first kappa shape index (κ1) is 29.7. The third-order valence-electron chi connectivity index (χ3n) is 7.84. The number of anilines is 3. The quantitative estimate of drug-likeness (QED) is 0.168. The summed E-state index contributed by atoms with van der Waals surface area (Å²) in [5.74, 6) is 2.92. The molecule has 2 unspecified atom stereocenters. The van der Waals surface area contributed by atoms with Crippen molar-refractivity contribution >= 4 is 40.6 Å². The summed E-state index contributed by atoms with van der Waals surface area (Å²) in [6, 6.07) is 17.8. The number of benzene rings is 3.